The number of aromatic amines is 1. The van der Waals surface area contributed by atoms with Crippen LogP contribution in [0.5, 0.6) is 5.75 Å². The number of ether oxygens (including phenoxy) is 1. The molecule has 1 aromatic heterocycles. The predicted molar refractivity (Wildman–Crippen MR) is 109 cm³/mol. The third-order valence-electron chi connectivity index (χ3n) is 4.31. The van der Waals surface area contributed by atoms with Gasteiger partial charge in [-0.15, -0.1) is 0 Å². The summed E-state index contributed by atoms with van der Waals surface area (Å²) >= 11 is 0. The van der Waals surface area contributed by atoms with Gasteiger partial charge in [0.2, 0.25) is 0 Å². The number of nitrogens with zero attached hydrogens (tertiary/aromatic N) is 2. The lowest BCUT2D eigenvalue weighted by Crippen LogP contribution is -2.13. The van der Waals surface area contributed by atoms with Crippen LogP contribution in [0, 0.1) is 0 Å². The molecule has 0 bridgehead atoms. The molecule has 4 aromatic rings. The second-order valence-electron chi connectivity index (χ2n) is 6.24. The van der Waals surface area contributed by atoms with Gasteiger partial charge >= 0.3 is 0 Å². The zero-order chi connectivity index (χ0) is 20.2. The number of carbonyl (C=O) groups excluding carboxylic acids is 2. The minimum atomic E-state index is -0.265. The van der Waals surface area contributed by atoms with Crippen LogP contribution in [0.25, 0.3) is 11.0 Å². The Labute approximate surface area is 165 Å². The number of hydrogen-bond acceptors (Lipinski definition) is 5. The van der Waals surface area contributed by atoms with Gasteiger partial charge in [0.05, 0.1) is 7.11 Å². The number of benzene rings is 3. The predicted octanol–water partition coefficient (Wildman–Crippen LogP) is 3.47. The summed E-state index contributed by atoms with van der Waals surface area (Å²) in [4.78, 5) is 24.8. The van der Waals surface area contributed by atoms with Gasteiger partial charge in [0, 0.05) is 22.5 Å². The second kappa shape index (κ2) is 7.81. The molecule has 0 saturated carbocycles. The summed E-state index contributed by atoms with van der Waals surface area (Å²) in [6.45, 7) is 0. The van der Waals surface area contributed by atoms with E-state index in [2.05, 4.69) is 26.0 Å². The number of anilines is 2. The number of nitrogens with one attached hydrogen (secondary N) is 3. The minimum Gasteiger partial charge on any atom is -0.497 e. The Morgan fingerprint density at radius 2 is 1.48 bits per heavy atom. The third-order valence-corrected chi connectivity index (χ3v) is 4.31. The van der Waals surface area contributed by atoms with Crippen LogP contribution >= 0.6 is 0 Å². The summed E-state index contributed by atoms with van der Waals surface area (Å²) in [6.07, 6.45) is 0. The molecule has 2 amide bonds. The highest BCUT2D eigenvalue weighted by molar-refractivity contribution is 6.06. The number of carbonyl (C=O) groups is 2. The van der Waals surface area contributed by atoms with E-state index in [0.29, 0.717) is 33.8 Å². The number of aromatic nitrogens is 3. The van der Waals surface area contributed by atoms with Crippen LogP contribution in [0.2, 0.25) is 0 Å². The number of methoxy groups -OCH3 is 1. The summed E-state index contributed by atoms with van der Waals surface area (Å²) in [5.41, 5.74) is 3.53. The zero-order valence-electron chi connectivity index (χ0n) is 15.5. The van der Waals surface area contributed by atoms with E-state index in [1.54, 1.807) is 73.8 Å². The van der Waals surface area contributed by atoms with Gasteiger partial charge in [-0.2, -0.15) is 15.4 Å². The first-order valence-electron chi connectivity index (χ1n) is 8.80. The lowest BCUT2D eigenvalue weighted by molar-refractivity contribution is 0.101. The van der Waals surface area contributed by atoms with Crippen LogP contribution in [-0.4, -0.2) is 34.3 Å². The molecule has 0 aliphatic heterocycles. The second-order valence-corrected chi connectivity index (χ2v) is 6.24. The molecule has 8 nitrogen and oxygen atoms in total. The topological polar surface area (TPSA) is 109 Å². The van der Waals surface area contributed by atoms with Crippen LogP contribution in [-0.2, 0) is 0 Å². The van der Waals surface area contributed by atoms with E-state index in [1.807, 2.05) is 0 Å². The number of amides is 2. The molecular formula is C21H17N5O3. The van der Waals surface area contributed by atoms with E-state index in [0.717, 1.165) is 5.52 Å². The summed E-state index contributed by atoms with van der Waals surface area (Å²) in [5, 5.41) is 16.1. The molecule has 8 heteroatoms. The number of hydrogen-bond donors (Lipinski definition) is 3. The highest BCUT2D eigenvalue weighted by Crippen LogP contribution is 2.18. The van der Waals surface area contributed by atoms with Crippen molar-refractivity contribution in [2.45, 2.75) is 0 Å². The third kappa shape index (κ3) is 4.06. The standard InChI is InChI=1S/C21H17N5O3/c1-29-17-4-2-3-14(11-17)21(28)22-15-7-5-13(6-8-15)20(27)23-16-9-10-18-19(12-16)25-26-24-18/h2-12H,1H3,(H,22,28)(H,23,27)(H,24,25,26). The van der Waals surface area contributed by atoms with Crippen molar-refractivity contribution in [1.82, 2.24) is 15.4 Å². The maximum Gasteiger partial charge on any atom is 0.255 e. The maximum atomic E-state index is 12.5. The fourth-order valence-electron chi connectivity index (χ4n) is 2.79. The molecule has 3 aromatic carbocycles. The van der Waals surface area contributed by atoms with Crippen molar-refractivity contribution in [1.29, 1.82) is 0 Å². The highest BCUT2D eigenvalue weighted by atomic mass is 16.5. The largest absolute Gasteiger partial charge is 0.497 e. The molecule has 0 radical (unpaired) electrons. The Morgan fingerprint density at radius 3 is 2.28 bits per heavy atom. The molecule has 0 atom stereocenters. The van der Waals surface area contributed by atoms with Crippen molar-refractivity contribution in [3.05, 3.63) is 77.9 Å². The monoisotopic (exact) mass is 387 g/mol. The number of H-pyrrole nitrogens is 1. The SMILES string of the molecule is COc1cccc(C(=O)Nc2ccc(C(=O)Nc3ccc4n[nH]nc4c3)cc2)c1. The van der Waals surface area contributed by atoms with Gasteiger partial charge in [-0.1, -0.05) is 6.07 Å². The van der Waals surface area contributed by atoms with Crippen LogP contribution in [0.1, 0.15) is 20.7 Å². The molecular weight excluding hydrogens is 370 g/mol. The normalized spacial score (nSPS) is 10.5. The Bertz CT molecular complexity index is 1180. The molecule has 0 fully saturated rings. The van der Waals surface area contributed by atoms with Gasteiger partial charge in [-0.3, -0.25) is 9.59 Å². The first-order chi connectivity index (χ1) is 14.1. The van der Waals surface area contributed by atoms with Gasteiger partial charge in [-0.25, -0.2) is 0 Å². The molecule has 0 aliphatic rings. The molecule has 29 heavy (non-hydrogen) atoms. The van der Waals surface area contributed by atoms with Crippen molar-refractivity contribution < 1.29 is 14.3 Å². The highest BCUT2D eigenvalue weighted by Gasteiger charge is 2.10. The average molecular weight is 387 g/mol. The Kier molecular flexibility index (Phi) is 4.90. The van der Waals surface area contributed by atoms with E-state index >= 15 is 0 Å². The number of rotatable bonds is 5. The Balaban J connectivity index is 1.42. The summed E-state index contributed by atoms with van der Waals surface area (Å²) < 4.78 is 5.13. The number of fused-ring (bicyclic) bond motifs is 1. The minimum absolute atomic E-state index is 0.262. The van der Waals surface area contributed by atoms with Gasteiger partial charge in [0.25, 0.3) is 11.8 Å². The summed E-state index contributed by atoms with van der Waals surface area (Å²) in [7, 11) is 1.55. The van der Waals surface area contributed by atoms with Gasteiger partial charge < -0.3 is 15.4 Å². The van der Waals surface area contributed by atoms with Crippen molar-refractivity contribution in [3.8, 4) is 5.75 Å². The fraction of sp³-hybridized carbons (Fsp3) is 0.0476. The molecule has 0 unspecified atom stereocenters. The van der Waals surface area contributed by atoms with E-state index in [-0.39, 0.29) is 11.8 Å². The van der Waals surface area contributed by atoms with Crippen LogP contribution in [0.4, 0.5) is 11.4 Å². The van der Waals surface area contributed by atoms with E-state index < -0.39 is 0 Å². The maximum absolute atomic E-state index is 12.5. The molecule has 4 rings (SSSR count). The van der Waals surface area contributed by atoms with Crippen LogP contribution in [0.3, 0.4) is 0 Å². The fourth-order valence-corrected chi connectivity index (χ4v) is 2.79. The quantitative estimate of drug-likeness (QED) is 0.486. The van der Waals surface area contributed by atoms with Gasteiger partial charge in [0.1, 0.15) is 16.8 Å². The molecule has 3 N–H and O–H groups in total. The first-order valence-corrected chi connectivity index (χ1v) is 8.80. The lowest BCUT2D eigenvalue weighted by Gasteiger charge is -2.08. The van der Waals surface area contributed by atoms with Crippen molar-refractivity contribution in [2.24, 2.45) is 0 Å². The van der Waals surface area contributed by atoms with Gasteiger partial charge in [0.15, 0.2) is 0 Å². The molecule has 144 valence electrons. The smallest absolute Gasteiger partial charge is 0.255 e. The summed E-state index contributed by atoms with van der Waals surface area (Å²) in [5.74, 6) is 0.0778. The molecule has 1 heterocycles. The van der Waals surface area contributed by atoms with Gasteiger partial charge in [-0.05, 0) is 60.7 Å². The van der Waals surface area contributed by atoms with E-state index in [9.17, 15) is 9.59 Å². The molecule has 0 saturated heterocycles. The Morgan fingerprint density at radius 1 is 0.793 bits per heavy atom. The first kappa shape index (κ1) is 18.2. The average Bonchev–Trinajstić information content (AvgIpc) is 3.22. The van der Waals surface area contributed by atoms with Crippen molar-refractivity contribution in [3.63, 3.8) is 0 Å². The Hall–Kier alpha value is -4.20. The van der Waals surface area contributed by atoms with E-state index in [1.165, 1.54) is 0 Å². The molecule has 0 aliphatic carbocycles. The zero-order valence-corrected chi connectivity index (χ0v) is 15.5. The van der Waals surface area contributed by atoms with Crippen molar-refractivity contribution in [2.75, 3.05) is 17.7 Å². The lowest BCUT2D eigenvalue weighted by atomic mass is 10.1. The summed E-state index contributed by atoms with van der Waals surface area (Å²) in [6, 6.07) is 18.8. The molecule has 0 spiro atoms. The van der Waals surface area contributed by atoms with Crippen LogP contribution in [0.15, 0.2) is 66.7 Å². The van der Waals surface area contributed by atoms with E-state index in [4.69, 9.17) is 4.74 Å². The van der Waals surface area contributed by atoms with Crippen molar-refractivity contribution >= 4 is 34.2 Å². The van der Waals surface area contributed by atoms with Crippen LogP contribution < -0.4 is 15.4 Å².